The molecule has 0 bridgehead atoms. The zero-order valence-corrected chi connectivity index (χ0v) is 17.1. The molecule has 2 heterocycles. The van der Waals surface area contributed by atoms with Gasteiger partial charge in [0.25, 0.3) is 0 Å². The molecule has 0 aliphatic carbocycles. The molecule has 3 rings (SSSR count). The standard InChI is InChI=1S/C17H22N6O2.HI/c1-3-18-17(19-10-15-20-12(2)25-22-15)21-13-9-16(24)23(11-13)14-7-5-4-6-8-14;/h4-8,13H,3,9-11H2,1-2H3,(H2,18,19,21);1H. The van der Waals surface area contributed by atoms with Gasteiger partial charge in [-0.3, -0.25) is 4.79 Å². The maximum atomic E-state index is 12.3. The number of para-hydroxylation sites is 1. The molecule has 1 aliphatic heterocycles. The molecule has 1 amide bonds. The number of carbonyl (C=O) groups excluding carboxylic acids is 1. The molecular formula is C17H23IN6O2. The molecule has 1 atom stereocenters. The van der Waals surface area contributed by atoms with E-state index in [-0.39, 0.29) is 35.9 Å². The minimum Gasteiger partial charge on any atom is -0.357 e. The number of amides is 1. The number of rotatable bonds is 5. The number of aryl methyl sites for hydroxylation is 1. The highest BCUT2D eigenvalue weighted by Gasteiger charge is 2.31. The first-order valence-corrected chi connectivity index (χ1v) is 8.35. The van der Waals surface area contributed by atoms with Gasteiger partial charge in [-0.15, -0.1) is 24.0 Å². The third-order valence-corrected chi connectivity index (χ3v) is 3.83. The van der Waals surface area contributed by atoms with Gasteiger partial charge in [-0.2, -0.15) is 4.98 Å². The van der Waals surface area contributed by atoms with E-state index in [1.165, 1.54) is 0 Å². The summed E-state index contributed by atoms with van der Waals surface area (Å²) < 4.78 is 4.94. The molecular weight excluding hydrogens is 447 g/mol. The lowest BCUT2D eigenvalue weighted by Gasteiger charge is -2.18. The largest absolute Gasteiger partial charge is 0.357 e. The molecule has 2 aromatic rings. The summed E-state index contributed by atoms with van der Waals surface area (Å²) >= 11 is 0. The zero-order chi connectivity index (χ0) is 17.6. The van der Waals surface area contributed by atoms with E-state index in [0.29, 0.717) is 37.2 Å². The Labute approximate surface area is 169 Å². The number of benzene rings is 1. The van der Waals surface area contributed by atoms with Crippen LogP contribution in [0.4, 0.5) is 5.69 Å². The normalized spacial score (nSPS) is 17.2. The van der Waals surface area contributed by atoms with Crippen LogP contribution in [0.25, 0.3) is 0 Å². The van der Waals surface area contributed by atoms with E-state index in [9.17, 15) is 4.79 Å². The Bertz CT molecular complexity index is 749. The van der Waals surface area contributed by atoms with Crippen molar-refractivity contribution >= 4 is 41.5 Å². The van der Waals surface area contributed by atoms with Crippen LogP contribution < -0.4 is 15.5 Å². The average molecular weight is 470 g/mol. The Morgan fingerprint density at radius 1 is 1.38 bits per heavy atom. The van der Waals surface area contributed by atoms with Crippen LogP contribution in [-0.4, -0.2) is 41.1 Å². The highest BCUT2D eigenvalue weighted by Crippen LogP contribution is 2.20. The Hall–Kier alpha value is -2.17. The van der Waals surface area contributed by atoms with Crippen LogP contribution in [0.3, 0.4) is 0 Å². The van der Waals surface area contributed by atoms with Crippen LogP contribution in [0.1, 0.15) is 25.1 Å². The molecule has 0 saturated carbocycles. The molecule has 8 nitrogen and oxygen atoms in total. The van der Waals surface area contributed by atoms with Crippen molar-refractivity contribution in [3.05, 3.63) is 42.0 Å². The number of aliphatic imine (C=N–C) groups is 1. The van der Waals surface area contributed by atoms with Gasteiger partial charge in [0.2, 0.25) is 11.8 Å². The van der Waals surface area contributed by atoms with Crippen molar-refractivity contribution in [2.75, 3.05) is 18.0 Å². The number of nitrogens with zero attached hydrogens (tertiary/aromatic N) is 4. The smallest absolute Gasteiger partial charge is 0.229 e. The molecule has 1 aromatic heterocycles. The summed E-state index contributed by atoms with van der Waals surface area (Å²) in [7, 11) is 0. The SMILES string of the molecule is CCNC(=NCc1noc(C)n1)NC1CC(=O)N(c2ccccc2)C1.I. The third-order valence-electron chi connectivity index (χ3n) is 3.83. The summed E-state index contributed by atoms with van der Waals surface area (Å²) in [6.07, 6.45) is 0.431. The van der Waals surface area contributed by atoms with Crippen molar-refractivity contribution in [3.8, 4) is 0 Å². The van der Waals surface area contributed by atoms with E-state index >= 15 is 0 Å². The van der Waals surface area contributed by atoms with Gasteiger partial charge < -0.3 is 20.1 Å². The van der Waals surface area contributed by atoms with Gasteiger partial charge in [-0.05, 0) is 19.1 Å². The first kappa shape index (κ1) is 20.1. The van der Waals surface area contributed by atoms with Crippen molar-refractivity contribution in [3.63, 3.8) is 0 Å². The maximum absolute atomic E-state index is 12.3. The quantitative estimate of drug-likeness (QED) is 0.394. The molecule has 0 spiro atoms. The number of anilines is 1. The number of carbonyl (C=O) groups is 1. The Kier molecular flexibility index (Phi) is 7.37. The van der Waals surface area contributed by atoms with Crippen LogP contribution in [-0.2, 0) is 11.3 Å². The van der Waals surface area contributed by atoms with E-state index in [1.807, 2.05) is 37.3 Å². The van der Waals surface area contributed by atoms with Crippen molar-refractivity contribution in [2.24, 2.45) is 4.99 Å². The fraction of sp³-hybridized carbons (Fsp3) is 0.412. The van der Waals surface area contributed by atoms with Crippen molar-refractivity contribution in [2.45, 2.75) is 32.9 Å². The van der Waals surface area contributed by atoms with E-state index < -0.39 is 0 Å². The Morgan fingerprint density at radius 2 is 2.15 bits per heavy atom. The van der Waals surface area contributed by atoms with Crippen LogP contribution in [0, 0.1) is 6.92 Å². The molecule has 1 unspecified atom stereocenters. The molecule has 1 saturated heterocycles. The van der Waals surface area contributed by atoms with Gasteiger partial charge >= 0.3 is 0 Å². The molecule has 1 aromatic carbocycles. The molecule has 1 fully saturated rings. The van der Waals surface area contributed by atoms with Crippen LogP contribution >= 0.6 is 24.0 Å². The van der Waals surface area contributed by atoms with E-state index in [1.54, 1.807) is 11.8 Å². The van der Waals surface area contributed by atoms with Crippen LogP contribution in [0.15, 0.2) is 39.8 Å². The molecule has 9 heteroatoms. The molecule has 26 heavy (non-hydrogen) atoms. The molecule has 140 valence electrons. The van der Waals surface area contributed by atoms with E-state index in [4.69, 9.17) is 4.52 Å². The predicted molar refractivity (Wildman–Crippen MR) is 110 cm³/mol. The highest BCUT2D eigenvalue weighted by molar-refractivity contribution is 14.0. The second-order valence-electron chi connectivity index (χ2n) is 5.81. The lowest BCUT2D eigenvalue weighted by Crippen LogP contribution is -2.44. The first-order chi connectivity index (χ1) is 12.2. The second kappa shape index (κ2) is 9.51. The second-order valence-corrected chi connectivity index (χ2v) is 5.81. The topological polar surface area (TPSA) is 95.6 Å². The molecule has 2 N–H and O–H groups in total. The zero-order valence-electron chi connectivity index (χ0n) is 14.8. The fourth-order valence-corrected chi connectivity index (χ4v) is 2.73. The summed E-state index contributed by atoms with van der Waals surface area (Å²) in [5, 5.41) is 10.3. The fourth-order valence-electron chi connectivity index (χ4n) is 2.73. The molecule has 0 radical (unpaired) electrons. The number of nitrogens with one attached hydrogen (secondary N) is 2. The van der Waals surface area contributed by atoms with E-state index in [0.717, 1.165) is 12.2 Å². The van der Waals surface area contributed by atoms with Crippen molar-refractivity contribution < 1.29 is 9.32 Å². The summed E-state index contributed by atoms with van der Waals surface area (Å²) in [6.45, 7) is 5.38. The van der Waals surface area contributed by atoms with Crippen molar-refractivity contribution in [1.82, 2.24) is 20.8 Å². The average Bonchev–Trinajstić information content (AvgIpc) is 3.19. The number of aromatic nitrogens is 2. The summed E-state index contributed by atoms with van der Waals surface area (Å²) in [5.41, 5.74) is 0.918. The Balaban J connectivity index is 0.00000243. The number of hydrogen-bond donors (Lipinski definition) is 2. The number of halogens is 1. The summed E-state index contributed by atoms with van der Waals surface area (Å²) in [4.78, 5) is 22.7. The van der Waals surface area contributed by atoms with E-state index in [2.05, 4.69) is 25.8 Å². The third kappa shape index (κ3) is 5.16. The number of guanidine groups is 1. The monoisotopic (exact) mass is 470 g/mol. The minimum absolute atomic E-state index is 0. The highest BCUT2D eigenvalue weighted by atomic mass is 127. The van der Waals surface area contributed by atoms with Gasteiger partial charge in [0.05, 0.1) is 6.04 Å². The van der Waals surface area contributed by atoms with Gasteiger partial charge in [0, 0.05) is 32.1 Å². The van der Waals surface area contributed by atoms with Crippen molar-refractivity contribution in [1.29, 1.82) is 0 Å². The van der Waals surface area contributed by atoms with Crippen LogP contribution in [0.2, 0.25) is 0 Å². The van der Waals surface area contributed by atoms with Gasteiger partial charge in [0.15, 0.2) is 11.8 Å². The number of hydrogen-bond acceptors (Lipinski definition) is 5. The maximum Gasteiger partial charge on any atom is 0.229 e. The van der Waals surface area contributed by atoms with Gasteiger partial charge in [-0.1, -0.05) is 23.4 Å². The lowest BCUT2D eigenvalue weighted by atomic mass is 10.2. The van der Waals surface area contributed by atoms with Gasteiger partial charge in [-0.25, -0.2) is 4.99 Å². The van der Waals surface area contributed by atoms with Gasteiger partial charge in [0.1, 0.15) is 6.54 Å². The lowest BCUT2D eigenvalue weighted by molar-refractivity contribution is -0.117. The van der Waals surface area contributed by atoms with Crippen LogP contribution in [0.5, 0.6) is 0 Å². The Morgan fingerprint density at radius 3 is 2.81 bits per heavy atom. The summed E-state index contributed by atoms with van der Waals surface area (Å²) in [6, 6.07) is 9.69. The minimum atomic E-state index is -0.00231. The molecule has 1 aliphatic rings. The summed E-state index contributed by atoms with van der Waals surface area (Å²) in [5.74, 6) is 1.79. The predicted octanol–water partition coefficient (Wildman–Crippen LogP) is 1.86. The first-order valence-electron chi connectivity index (χ1n) is 8.35.